The maximum absolute atomic E-state index is 12.9. The normalized spacial score (nSPS) is 60.4. The zero-order valence-electron chi connectivity index (χ0n) is 12.6. The Bertz CT molecular complexity index is 1080. The second kappa shape index (κ2) is 3.43. The predicted octanol–water partition coefficient (Wildman–Crippen LogP) is -0.921. The lowest BCUT2D eigenvalue weighted by molar-refractivity contribution is -0.0858. The minimum atomic E-state index is -4.16. The Hall–Kier alpha value is -0.650. The van der Waals surface area contributed by atoms with E-state index in [2.05, 4.69) is 10.0 Å². The topological polar surface area (TPSA) is 131 Å². The van der Waals surface area contributed by atoms with Crippen LogP contribution in [0.1, 0.15) is 6.42 Å². The van der Waals surface area contributed by atoms with E-state index in [1.54, 1.807) is 0 Å². The van der Waals surface area contributed by atoms with Gasteiger partial charge in [-0.15, -0.1) is 0 Å². The first-order chi connectivity index (χ1) is 11.7. The summed E-state index contributed by atoms with van der Waals surface area (Å²) < 4.78 is 57.5. The fraction of sp³-hybridized carbons (Fsp3) is 0.714. The maximum Gasteiger partial charge on any atom is 0.255 e. The van der Waals surface area contributed by atoms with Gasteiger partial charge in [-0.3, -0.25) is 0 Å². The summed E-state index contributed by atoms with van der Waals surface area (Å²) in [4.78, 5) is -2.13. The zero-order chi connectivity index (χ0) is 17.3. The minimum absolute atomic E-state index is 0.0953. The van der Waals surface area contributed by atoms with Gasteiger partial charge in [0.05, 0.1) is 16.9 Å². The Morgan fingerprint density at radius 1 is 1.32 bits per heavy atom. The summed E-state index contributed by atoms with van der Waals surface area (Å²) in [5.41, 5.74) is 0.884. The molecule has 0 unspecified atom stereocenters. The lowest BCUT2D eigenvalue weighted by Crippen LogP contribution is -2.68. The molecule has 0 aromatic carbocycles. The molecule has 0 radical (unpaired) electrons. The molecule has 4 N–H and O–H groups in total. The molecular formula is C14H14ClN3O5S2. The van der Waals surface area contributed by atoms with Crippen molar-refractivity contribution in [3.05, 3.63) is 21.7 Å². The predicted molar refractivity (Wildman–Crippen MR) is 85.2 cm³/mol. The number of fused-ring (bicyclic) bond motifs is 2. The molecule has 2 spiro atoms. The first-order valence-corrected chi connectivity index (χ1v) is 11.7. The highest BCUT2D eigenvalue weighted by Gasteiger charge is 3.03. The highest BCUT2D eigenvalue weighted by atomic mass is 35.5. The molecule has 2 aliphatic heterocycles. The Kier molecular flexibility index (Phi) is 1.98. The fourth-order valence-electron chi connectivity index (χ4n) is 6.87. The van der Waals surface area contributed by atoms with E-state index in [9.17, 15) is 16.8 Å². The fourth-order valence-corrected chi connectivity index (χ4v) is 10.1. The molecule has 0 amide bonds. The average Bonchev–Trinajstić information content (AvgIpc) is 3.37. The molecule has 6 fully saturated rings. The summed E-state index contributed by atoms with van der Waals surface area (Å²) in [7, 11) is -8.09. The van der Waals surface area contributed by atoms with Crippen molar-refractivity contribution < 1.29 is 21.6 Å². The van der Waals surface area contributed by atoms with Gasteiger partial charge in [0, 0.05) is 5.92 Å². The Morgan fingerprint density at radius 3 is 2.64 bits per heavy atom. The maximum atomic E-state index is 12.9. The number of hydrogen-bond donors (Lipinski definition) is 3. The summed E-state index contributed by atoms with van der Waals surface area (Å²) in [6, 6.07) is 0. The first-order valence-electron chi connectivity index (χ1n) is 8.26. The van der Waals surface area contributed by atoms with Crippen molar-refractivity contribution >= 4 is 31.6 Å². The molecular weight excluding hydrogens is 390 g/mol. The number of sulfonamides is 2. The number of halogens is 1. The van der Waals surface area contributed by atoms with E-state index in [-0.39, 0.29) is 16.1 Å². The lowest BCUT2D eigenvalue weighted by Gasteiger charge is -2.58. The molecule has 2 heterocycles. The molecule has 8 nitrogen and oxygen atoms in total. The molecule has 7 aliphatic rings. The van der Waals surface area contributed by atoms with Crippen LogP contribution in [-0.4, -0.2) is 34.0 Å². The smallest absolute Gasteiger partial charge is 0.255 e. The van der Waals surface area contributed by atoms with Gasteiger partial charge in [-0.1, -0.05) is 11.6 Å². The Morgan fingerprint density at radius 2 is 2.08 bits per heavy atom. The number of hydrogen-bond acceptors (Lipinski definition) is 6. The molecule has 0 aromatic rings. The third-order valence-electron chi connectivity index (χ3n) is 7.81. The van der Waals surface area contributed by atoms with E-state index < -0.39 is 31.1 Å². The average molecular weight is 404 g/mol. The molecule has 0 bridgehead atoms. The second-order valence-corrected chi connectivity index (χ2v) is 12.1. The molecule has 0 aromatic heterocycles. The number of nitrogens with two attached hydrogens (primary N) is 1. The van der Waals surface area contributed by atoms with Gasteiger partial charge < -0.3 is 10.1 Å². The summed E-state index contributed by atoms with van der Waals surface area (Å²) in [6.45, 7) is 0. The van der Waals surface area contributed by atoms with Crippen LogP contribution < -0.4 is 15.2 Å². The summed E-state index contributed by atoms with van der Waals surface area (Å²) >= 11 is 6.09. The second-order valence-electron chi connectivity index (χ2n) is 8.30. The van der Waals surface area contributed by atoms with E-state index in [1.165, 1.54) is 12.5 Å². The number of primary sulfonamides is 1. The Balaban J connectivity index is 1.31. The summed E-state index contributed by atoms with van der Waals surface area (Å²) in [5.74, 6) is 3.25. The highest BCUT2D eigenvalue weighted by molar-refractivity contribution is 7.94. The van der Waals surface area contributed by atoms with Gasteiger partial charge in [-0.05, 0) is 41.6 Å². The van der Waals surface area contributed by atoms with Gasteiger partial charge in [-0.2, -0.15) is 4.72 Å². The van der Waals surface area contributed by atoms with Crippen LogP contribution in [0.4, 0.5) is 0 Å². The van der Waals surface area contributed by atoms with E-state index in [1.807, 2.05) is 0 Å². The van der Waals surface area contributed by atoms with Crippen LogP contribution in [0.5, 0.6) is 0 Å². The van der Waals surface area contributed by atoms with Crippen molar-refractivity contribution in [3.8, 4) is 0 Å². The van der Waals surface area contributed by atoms with Gasteiger partial charge in [0.2, 0.25) is 10.0 Å². The quantitative estimate of drug-likeness (QED) is 0.511. The SMILES string of the molecule is NS(=O)(=O)C1=C(Cl)C=C2N[C@H]([C@H]3[C@H]4[C@H]5[C@H]6C[C@@H]3[C@]456)NS(=O)(=O)[C@@]23O[C@@H]13. The zero-order valence-corrected chi connectivity index (χ0v) is 15.0. The number of ether oxygens (including phenoxy) is 1. The molecule has 11 heteroatoms. The van der Waals surface area contributed by atoms with E-state index in [4.69, 9.17) is 21.5 Å². The Labute approximate surface area is 148 Å². The van der Waals surface area contributed by atoms with Crippen molar-refractivity contribution in [2.24, 2.45) is 40.1 Å². The van der Waals surface area contributed by atoms with Crippen LogP contribution in [0, 0.1) is 35.0 Å². The van der Waals surface area contributed by atoms with Crippen molar-refractivity contribution in [2.75, 3.05) is 0 Å². The van der Waals surface area contributed by atoms with Crippen LogP contribution in [0.3, 0.4) is 0 Å². The lowest BCUT2D eigenvalue weighted by atomic mass is 9.50. The van der Waals surface area contributed by atoms with Gasteiger partial charge in [0.25, 0.3) is 15.0 Å². The van der Waals surface area contributed by atoms with Crippen molar-refractivity contribution in [3.63, 3.8) is 0 Å². The summed E-state index contributed by atoms with van der Waals surface area (Å²) in [5, 5.41) is 8.33. The van der Waals surface area contributed by atoms with Crippen LogP contribution in [-0.2, 0) is 24.8 Å². The monoisotopic (exact) mass is 403 g/mol. The van der Waals surface area contributed by atoms with Crippen molar-refractivity contribution in [1.29, 1.82) is 0 Å². The number of nitrogens with one attached hydrogen (secondary N) is 2. The van der Waals surface area contributed by atoms with Crippen LogP contribution in [0.15, 0.2) is 21.7 Å². The first kappa shape index (κ1) is 14.4. The van der Waals surface area contributed by atoms with Crippen molar-refractivity contribution in [2.45, 2.75) is 23.6 Å². The molecule has 7 rings (SSSR count). The number of allylic oxidation sites excluding steroid dienone is 2. The van der Waals surface area contributed by atoms with E-state index >= 15 is 0 Å². The van der Waals surface area contributed by atoms with E-state index in [0.717, 1.165) is 11.8 Å². The number of rotatable bonds is 2. The molecule has 134 valence electrons. The van der Waals surface area contributed by atoms with Crippen LogP contribution >= 0.6 is 11.6 Å². The van der Waals surface area contributed by atoms with Gasteiger partial charge in [0.15, 0.2) is 0 Å². The largest absolute Gasteiger partial charge is 0.369 e. The van der Waals surface area contributed by atoms with Crippen LogP contribution in [0.25, 0.3) is 0 Å². The third kappa shape index (κ3) is 1.20. The van der Waals surface area contributed by atoms with Gasteiger partial charge >= 0.3 is 0 Å². The summed E-state index contributed by atoms with van der Waals surface area (Å²) in [6.07, 6.45) is 0.949. The third-order valence-corrected chi connectivity index (χ3v) is 11.2. The molecule has 2 saturated heterocycles. The molecule has 25 heavy (non-hydrogen) atoms. The molecule has 4 saturated carbocycles. The highest BCUT2D eigenvalue weighted by Crippen LogP contribution is 3.05. The molecule has 9 atom stereocenters. The molecule has 5 aliphatic carbocycles. The standard InChI is InChI=1S/C14H14ClN3O5S2/c15-5-2-6-14(11(23-14)10(5)24(16,19)20)25(21,22)18-12(17-6)7-3-1-4-8-9(7)13(3,4)8/h2-4,7-9,11-12,17-18H,1H2,(H2,16,19,20)/t3-,4+,7+,8+,9-,11-,12-,13+,14-/m0/s1. The van der Waals surface area contributed by atoms with Gasteiger partial charge in [-0.25, -0.2) is 22.0 Å². The van der Waals surface area contributed by atoms with E-state index in [0.29, 0.717) is 28.9 Å². The van der Waals surface area contributed by atoms with Gasteiger partial charge in [0.1, 0.15) is 11.0 Å². The minimum Gasteiger partial charge on any atom is -0.369 e. The van der Waals surface area contributed by atoms with Crippen molar-refractivity contribution in [1.82, 2.24) is 10.0 Å². The van der Waals surface area contributed by atoms with Crippen LogP contribution in [0.2, 0.25) is 0 Å². The number of epoxide rings is 1.